The lowest BCUT2D eigenvalue weighted by Gasteiger charge is -2.35. The highest BCUT2D eigenvalue weighted by molar-refractivity contribution is 7.92. The first kappa shape index (κ1) is 23.4. The fraction of sp³-hybridized carbons (Fsp3) is 0.429. The van der Waals surface area contributed by atoms with Gasteiger partial charge >= 0.3 is 0 Å². The molecule has 0 saturated carbocycles. The van der Waals surface area contributed by atoms with Crippen LogP contribution in [0.5, 0.6) is 0 Å². The summed E-state index contributed by atoms with van der Waals surface area (Å²) in [6, 6.07) is 10.8. The van der Waals surface area contributed by atoms with Crippen LogP contribution in [0.1, 0.15) is 37.5 Å². The largest absolute Gasteiger partial charge is 0.372 e. The highest BCUT2D eigenvalue weighted by atomic mass is 32.2. The van der Waals surface area contributed by atoms with Crippen molar-refractivity contribution >= 4 is 38.7 Å². The number of carbonyl (C=O) groups is 2. The fourth-order valence-electron chi connectivity index (χ4n) is 3.79. The summed E-state index contributed by atoms with van der Waals surface area (Å²) < 4.78 is 29.9. The van der Waals surface area contributed by atoms with Gasteiger partial charge in [0.05, 0.1) is 12.2 Å². The molecule has 2 amide bonds. The van der Waals surface area contributed by atoms with Crippen molar-refractivity contribution in [2.75, 3.05) is 24.3 Å². The molecule has 1 atom stereocenters. The van der Waals surface area contributed by atoms with Gasteiger partial charge in [-0.2, -0.15) is 0 Å². The summed E-state index contributed by atoms with van der Waals surface area (Å²) in [7, 11) is -3.58. The predicted octanol–water partition coefficient (Wildman–Crippen LogP) is 3.08. The number of carbonyl (C=O) groups excluding carboxylic acids is 2. The Labute approximate surface area is 185 Å². The first-order chi connectivity index (χ1) is 14.8. The summed E-state index contributed by atoms with van der Waals surface area (Å²) in [6.45, 7) is 2.23. The highest BCUT2D eigenvalue weighted by Crippen LogP contribution is 2.47. The molecule has 0 radical (unpaired) electrons. The molecular formula is C21H26N2O6S2. The minimum Gasteiger partial charge on any atom is -0.372 e. The third kappa shape index (κ3) is 5.15. The van der Waals surface area contributed by atoms with E-state index in [2.05, 4.69) is 5.32 Å². The number of hydroxylamine groups is 1. The van der Waals surface area contributed by atoms with Gasteiger partial charge in [0.25, 0.3) is 0 Å². The normalized spacial score (nSPS) is 20.2. The third-order valence-electron chi connectivity index (χ3n) is 5.33. The maximum absolute atomic E-state index is 13.0. The topological polar surface area (TPSA) is 122 Å². The van der Waals surface area contributed by atoms with Gasteiger partial charge in [0, 0.05) is 22.0 Å². The molecule has 1 aliphatic rings. The van der Waals surface area contributed by atoms with E-state index in [9.17, 15) is 18.0 Å². The van der Waals surface area contributed by atoms with E-state index in [0.717, 1.165) is 10.4 Å². The van der Waals surface area contributed by atoms with Crippen molar-refractivity contribution in [3.8, 4) is 10.4 Å². The van der Waals surface area contributed by atoms with Crippen LogP contribution in [0.3, 0.4) is 0 Å². The molecule has 10 heteroatoms. The van der Waals surface area contributed by atoms with E-state index in [0.29, 0.717) is 36.4 Å². The Hall–Kier alpha value is -2.27. The molecule has 0 aliphatic carbocycles. The molecule has 0 spiro atoms. The second-order valence-electron chi connectivity index (χ2n) is 7.41. The molecule has 1 fully saturated rings. The number of rotatable bonds is 8. The van der Waals surface area contributed by atoms with Gasteiger partial charge in [-0.15, -0.1) is 11.3 Å². The minimum atomic E-state index is -3.58. The van der Waals surface area contributed by atoms with Crippen LogP contribution in [0.15, 0.2) is 36.4 Å². The van der Waals surface area contributed by atoms with E-state index in [1.807, 2.05) is 25.1 Å². The van der Waals surface area contributed by atoms with Crippen LogP contribution >= 0.6 is 11.3 Å². The summed E-state index contributed by atoms with van der Waals surface area (Å²) >= 11 is 1.31. The summed E-state index contributed by atoms with van der Waals surface area (Å²) in [6.07, 6.45) is 1.26. The van der Waals surface area contributed by atoms with Gasteiger partial charge in [0.1, 0.15) is 11.4 Å². The van der Waals surface area contributed by atoms with Crippen molar-refractivity contribution in [3.63, 3.8) is 0 Å². The Bertz CT molecular complexity index is 1050. The molecule has 168 valence electrons. The maximum atomic E-state index is 13.0. The van der Waals surface area contributed by atoms with Crippen LogP contribution in [0, 0.1) is 0 Å². The lowest BCUT2D eigenvalue weighted by molar-refractivity contribution is -0.130. The third-order valence-corrected chi connectivity index (χ3v) is 9.39. The molecule has 31 heavy (non-hydrogen) atoms. The van der Waals surface area contributed by atoms with Gasteiger partial charge < -0.3 is 10.1 Å². The van der Waals surface area contributed by atoms with E-state index in [4.69, 9.17) is 9.94 Å². The minimum absolute atomic E-state index is 0.0142. The Balaban J connectivity index is 1.91. The van der Waals surface area contributed by atoms with Gasteiger partial charge in [-0.3, -0.25) is 14.8 Å². The molecule has 3 rings (SSSR count). The van der Waals surface area contributed by atoms with Crippen molar-refractivity contribution in [1.82, 2.24) is 5.48 Å². The van der Waals surface area contributed by atoms with Crippen molar-refractivity contribution in [3.05, 3.63) is 41.3 Å². The Morgan fingerprint density at radius 2 is 2.00 bits per heavy atom. The molecular weight excluding hydrogens is 440 g/mol. The summed E-state index contributed by atoms with van der Waals surface area (Å²) in [4.78, 5) is 25.3. The predicted molar refractivity (Wildman–Crippen MR) is 119 cm³/mol. The quantitative estimate of drug-likeness (QED) is 0.406. The van der Waals surface area contributed by atoms with Crippen molar-refractivity contribution < 1.29 is 28.0 Å². The van der Waals surface area contributed by atoms with Crippen LogP contribution in [0.25, 0.3) is 10.4 Å². The van der Waals surface area contributed by atoms with E-state index < -0.39 is 20.5 Å². The van der Waals surface area contributed by atoms with Crippen molar-refractivity contribution in [2.45, 2.75) is 37.4 Å². The summed E-state index contributed by atoms with van der Waals surface area (Å²) in [5, 5.41) is 11.8. The first-order valence-corrected chi connectivity index (χ1v) is 12.5. The lowest BCUT2D eigenvalue weighted by Crippen LogP contribution is -2.43. The lowest BCUT2D eigenvalue weighted by atomic mass is 9.94. The number of amides is 2. The number of benzene rings is 1. The van der Waals surface area contributed by atoms with Crippen molar-refractivity contribution in [2.24, 2.45) is 0 Å². The zero-order chi connectivity index (χ0) is 22.5. The maximum Gasteiger partial charge on any atom is 0.250 e. The van der Waals surface area contributed by atoms with Crippen LogP contribution in [0.4, 0.5) is 5.69 Å². The zero-order valence-corrected chi connectivity index (χ0v) is 18.9. The van der Waals surface area contributed by atoms with Gasteiger partial charge in [-0.25, -0.2) is 13.9 Å². The van der Waals surface area contributed by atoms with Crippen LogP contribution in [-0.4, -0.2) is 44.4 Å². The van der Waals surface area contributed by atoms with E-state index in [-0.39, 0.29) is 24.7 Å². The molecule has 2 heterocycles. The molecule has 1 aliphatic heterocycles. The van der Waals surface area contributed by atoms with E-state index >= 15 is 0 Å². The number of nitrogens with one attached hydrogen (secondary N) is 2. The zero-order valence-electron chi connectivity index (χ0n) is 17.2. The highest BCUT2D eigenvalue weighted by Gasteiger charge is 2.49. The van der Waals surface area contributed by atoms with Gasteiger partial charge in [0.15, 0.2) is 9.84 Å². The molecule has 1 aromatic heterocycles. The van der Waals surface area contributed by atoms with E-state index in [1.54, 1.807) is 23.7 Å². The van der Waals surface area contributed by atoms with Crippen LogP contribution in [0.2, 0.25) is 0 Å². The number of hydrogen-bond acceptors (Lipinski definition) is 7. The Morgan fingerprint density at radius 3 is 2.71 bits per heavy atom. The van der Waals surface area contributed by atoms with Gasteiger partial charge in [-0.05, 0) is 49.6 Å². The fourth-order valence-corrected chi connectivity index (χ4v) is 7.57. The number of anilines is 1. The van der Waals surface area contributed by atoms with Gasteiger partial charge in [-0.1, -0.05) is 18.6 Å². The number of sulfone groups is 1. The second kappa shape index (κ2) is 9.90. The van der Waals surface area contributed by atoms with Crippen LogP contribution in [-0.2, 0) is 28.9 Å². The smallest absolute Gasteiger partial charge is 0.250 e. The standard InChI is InChI=1S/C21H26N2O6S2/c1-2-29-14-20(25)22-16-7-5-6-15(12-16)17-8-9-18(30-17)21(13-19(24)23-26)10-3-4-11-31(21,27)28/h5-9,12,26H,2-4,10-11,13-14H2,1H3,(H,22,25)(H,23,24)/t21-/m0/s1. The molecule has 0 unspecified atom stereocenters. The second-order valence-corrected chi connectivity index (χ2v) is 10.9. The molecule has 2 aromatic rings. The summed E-state index contributed by atoms with van der Waals surface area (Å²) in [5.41, 5.74) is 3.00. The Kier molecular flexibility index (Phi) is 7.47. The molecule has 0 bridgehead atoms. The average molecular weight is 467 g/mol. The van der Waals surface area contributed by atoms with E-state index in [1.165, 1.54) is 11.3 Å². The van der Waals surface area contributed by atoms with Gasteiger partial charge in [0.2, 0.25) is 11.8 Å². The van der Waals surface area contributed by atoms with Crippen LogP contribution < -0.4 is 10.8 Å². The molecule has 8 nitrogen and oxygen atoms in total. The first-order valence-electron chi connectivity index (χ1n) is 10.0. The Morgan fingerprint density at radius 1 is 1.19 bits per heavy atom. The monoisotopic (exact) mass is 466 g/mol. The SMILES string of the molecule is CCOCC(=O)Nc1cccc(-c2ccc([C@@]3(CC(=O)NO)CCCCS3(=O)=O)s2)c1. The number of thiophene rings is 1. The molecule has 1 saturated heterocycles. The number of ether oxygens (including phenoxy) is 1. The molecule has 3 N–H and O–H groups in total. The average Bonchev–Trinajstić information content (AvgIpc) is 3.24. The van der Waals surface area contributed by atoms with Crippen molar-refractivity contribution in [1.29, 1.82) is 0 Å². The molecule has 1 aromatic carbocycles. The number of hydrogen-bond donors (Lipinski definition) is 3. The summed E-state index contributed by atoms with van der Waals surface area (Å²) in [5.74, 6) is -0.965.